The molecule has 0 radical (unpaired) electrons. The molecule has 0 spiro atoms. The molecular weight excluding hydrogens is 580 g/mol. The SMILES string of the molecule is COc1c(NC(=O)c2ccc(C)c(-n3cc(C4CN=C(c5ccncc5)N4C)nn3)c2)cc(C(C)(C)C)cc1NS(C)(=O)=O. The lowest BCUT2D eigenvalue weighted by Gasteiger charge is -2.24. The van der Waals surface area contributed by atoms with Crippen molar-refractivity contribution < 1.29 is 17.9 Å². The fourth-order valence-electron chi connectivity index (χ4n) is 5.03. The summed E-state index contributed by atoms with van der Waals surface area (Å²) in [6, 6.07) is 12.6. The minimum absolute atomic E-state index is 0.0870. The standard InChI is InChI=1S/C31H36N8O4S/c1-19-8-9-21(30(40)34-23-15-22(31(2,3)4)16-24(28(23)43-6)36-44(7,41)42)14-26(19)39-18-25(35-37-39)27-17-33-29(38(27)5)20-10-12-32-13-11-20/h8-16,18,27,36H,17H2,1-7H3,(H,34,40). The zero-order valence-corrected chi connectivity index (χ0v) is 26.6. The number of methoxy groups -OCH3 is 1. The van der Waals surface area contributed by atoms with E-state index in [2.05, 4.69) is 30.2 Å². The molecule has 0 aliphatic carbocycles. The molecule has 1 unspecified atom stereocenters. The molecule has 13 heteroatoms. The Morgan fingerprint density at radius 2 is 1.77 bits per heavy atom. The molecule has 44 heavy (non-hydrogen) atoms. The first-order valence-corrected chi connectivity index (χ1v) is 15.9. The number of nitrogens with zero attached hydrogens (tertiary/aromatic N) is 6. The maximum Gasteiger partial charge on any atom is 0.255 e. The van der Waals surface area contributed by atoms with E-state index in [1.165, 1.54) is 7.11 Å². The Balaban J connectivity index is 1.42. The summed E-state index contributed by atoms with van der Waals surface area (Å²) in [7, 11) is -0.204. The van der Waals surface area contributed by atoms with Gasteiger partial charge in [-0.3, -0.25) is 19.5 Å². The lowest BCUT2D eigenvalue weighted by molar-refractivity contribution is 0.102. The molecule has 0 bridgehead atoms. The van der Waals surface area contributed by atoms with Crippen molar-refractivity contribution in [1.82, 2.24) is 24.9 Å². The maximum atomic E-state index is 13.6. The smallest absolute Gasteiger partial charge is 0.255 e. The van der Waals surface area contributed by atoms with E-state index in [0.29, 0.717) is 23.5 Å². The van der Waals surface area contributed by atoms with Gasteiger partial charge in [0.1, 0.15) is 11.5 Å². The highest BCUT2D eigenvalue weighted by molar-refractivity contribution is 7.92. The second-order valence-corrected chi connectivity index (χ2v) is 13.5. The van der Waals surface area contributed by atoms with Crippen molar-refractivity contribution in [2.75, 3.05) is 37.0 Å². The summed E-state index contributed by atoms with van der Waals surface area (Å²) in [5.41, 5.74) is 4.78. The van der Waals surface area contributed by atoms with Crippen LogP contribution < -0.4 is 14.8 Å². The Morgan fingerprint density at radius 3 is 2.43 bits per heavy atom. The van der Waals surface area contributed by atoms with Crippen LogP contribution in [0.5, 0.6) is 5.75 Å². The summed E-state index contributed by atoms with van der Waals surface area (Å²) >= 11 is 0. The predicted molar refractivity (Wildman–Crippen MR) is 170 cm³/mol. The van der Waals surface area contributed by atoms with Gasteiger partial charge in [-0.15, -0.1) is 5.10 Å². The maximum absolute atomic E-state index is 13.6. The monoisotopic (exact) mass is 616 g/mol. The average molecular weight is 617 g/mol. The van der Waals surface area contributed by atoms with Crippen molar-refractivity contribution in [3.8, 4) is 11.4 Å². The van der Waals surface area contributed by atoms with Gasteiger partial charge in [0.2, 0.25) is 10.0 Å². The fourth-order valence-corrected chi connectivity index (χ4v) is 5.58. The van der Waals surface area contributed by atoms with E-state index in [4.69, 9.17) is 9.73 Å². The summed E-state index contributed by atoms with van der Waals surface area (Å²) in [6.07, 6.45) is 6.40. The summed E-state index contributed by atoms with van der Waals surface area (Å²) in [4.78, 5) is 24.5. The number of carbonyl (C=O) groups excluding carboxylic acids is 1. The van der Waals surface area contributed by atoms with Crippen LogP contribution in [0.4, 0.5) is 11.4 Å². The normalized spacial score (nSPS) is 15.2. The highest BCUT2D eigenvalue weighted by atomic mass is 32.2. The minimum Gasteiger partial charge on any atom is -0.492 e. The highest BCUT2D eigenvalue weighted by Crippen LogP contribution is 2.39. The molecule has 2 aromatic heterocycles. The molecule has 12 nitrogen and oxygen atoms in total. The van der Waals surface area contributed by atoms with E-state index in [0.717, 1.165) is 34.5 Å². The minimum atomic E-state index is -3.61. The number of pyridine rings is 1. The first kappa shape index (κ1) is 30.7. The van der Waals surface area contributed by atoms with Crippen molar-refractivity contribution in [2.45, 2.75) is 39.2 Å². The van der Waals surface area contributed by atoms with Crippen LogP contribution in [0.1, 0.15) is 59.6 Å². The molecular formula is C31H36N8O4S. The number of anilines is 2. The number of amides is 1. The van der Waals surface area contributed by atoms with E-state index in [9.17, 15) is 13.2 Å². The van der Waals surface area contributed by atoms with Gasteiger partial charge in [-0.25, -0.2) is 13.1 Å². The second-order valence-electron chi connectivity index (χ2n) is 11.8. The van der Waals surface area contributed by atoms with Gasteiger partial charge in [-0.1, -0.05) is 32.1 Å². The van der Waals surface area contributed by atoms with E-state index in [1.807, 2.05) is 59.1 Å². The summed E-state index contributed by atoms with van der Waals surface area (Å²) in [5, 5.41) is 11.7. The zero-order chi connectivity index (χ0) is 31.8. The number of amidine groups is 1. The van der Waals surface area contributed by atoms with Crippen LogP contribution in [-0.4, -0.2) is 72.0 Å². The van der Waals surface area contributed by atoms with Gasteiger partial charge in [0.05, 0.1) is 49.2 Å². The molecule has 0 saturated heterocycles. The van der Waals surface area contributed by atoms with Crippen LogP contribution in [0.2, 0.25) is 0 Å². The van der Waals surface area contributed by atoms with Crippen LogP contribution in [0.25, 0.3) is 5.69 Å². The number of aromatic nitrogens is 4. The molecule has 5 rings (SSSR count). The molecule has 1 atom stereocenters. The zero-order valence-electron chi connectivity index (χ0n) is 25.8. The number of hydrogen-bond donors (Lipinski definition) is 2. The van der Waals surface area contributed by atoms with Gasteiger partial charge in [0.25, 0.3) is 5.91 Å². The number of hydrogen-bond acceptors (Lipinski definition) is 9. The molecule has 3 heterocycles. The van der Waals surface area contributed by atoms with Crippen molar-refractivity contribution >= 4 is 33.1 Å². The first-order valence-electron chi connectivity index (χ1n) is 14.0. The van der Waals surface area contributed by atoms with Crippen LogP contribution in [0.15, 0.2) is 66.0 Å². The topological polar surface area (TPSA) is 144 Å². The van der Waals surface area contributed by atoms with E-state index in [-0.39, 0.29) is 22.9 Å². The quantitative estimate of drug-likeness (QED) is 0.298. The van der Waals surface area contributed by atoms with E-state index < -0.39 is 15.9 Å². The number of benzene rings is 2. The second kappa shape index (κ2) is 11.7. The van der Waals surface area contributed by atoms with Crippen LogP contribution in [0.3, 0.4) is 0 Å². The number of sulfonamides is 1. The van der Waals surface area contributed by atoms with Crippen LogP contribution in [0, 0.1) is 6.92 Å². The molecule has 2 N–H and O–H groups in total. The Morgan fingerprint density at radius 1 is 1.07 bits per heavy atom. The lowest BCUT2D eigenvalue weighted by Crippen LogP contribution is -2.27. The predicted octanol–water partition coefficient (Wildman–Crippen LogP) is 4.33. The van der Waals surface area contributed by atoms with Crippen LogP contribution >= 0.6 is 0 Å². The number of aryl methyl sites for hydroxylation is 1. The molecule has 230 valence electrons. The Labute approximate surface area is 257 Å². The van der Waals surface area contributed by atoms with Gasteiger partial charge in [0.15, 0.2) is 5.75 Å². The average Bonchev–Trinajstić information content (AvgIpc) is 3.59. The molecule has 1 aliphatic rings. The van der Waals surface area contributed by atoms with E-state index >= 15 is 0 Å². The number of nitrogens with one attached hydrogen (secondary N) is 2. The Kier molecular flexibility index (Phi) is 8.17. The van der Waals surface area contributed by atoms with Gasteiger partial charge in [0, 0.05) is 30.6 Å². The van der Waals surface area contributed by atoms with Crippen molar-refractivity contribution in [2.24, 2.45) is 4.99 Å². The summed E-state index contributed by atoms with van der Waals surface area (Å²) in [5.74, 6) is 0.675. The molecule has 0 fully saturated rings. The molecule has 1 amide bonds. The fraction of sp³-hybridized carbons (Fsp3) is 0.323. The van der Waals surface area contributed by atoms with Gasteiger partial charge in [-0.2, -0.15) is 0 Å². The largest absolute Gasteiger partial charge is 0.492 e. The lowest BCUT2D eigenvalue weighted by atomic mass is 9.86. The Hall–Kier alpha value is -4.78. The number of ether oxygens (including phenoxy) is 1. The third kappa shape index (κ3) is 6.42. The summed E-state index contributed by atoms with van der Waals surface area (Å²) in [6.45, 7) is 8.47. The van der Waals surface area contributed by atoms with Gasteiger partial charge >= 0.3 is 0 Å². The van der Waals surface area contributed by atoms with Crippen LogP contribution in [-0.2, 0) is 15.4 Å². The van der Waals surface area contributed by atoms with Gasteiger partial charge in [-0.05, 0) is 59.9 Å². The van der Waals surface area contributed by atoms with Crippen molar-refractivity contribution in [1.29, 1.82) is 0 Å². The first-order chi connectivity index (χ1) is 20.7. The molecule has 0 saturated carbocycles. The van der Waals surface area contributed by atoms with Gasteiger partial charge < -0.3 is 15.0 Å². The summed E-state index contributed by atoms with van der Waals surface area (Å²) < 4.78 is 33.9. The molecule has 1 aliphatic heterocycles. The number of likely N-dealkylation sites (N-methyl/N-ethyl adjacent to an activating group) is 1. The number of carbonyl (C=O) groups is 1. The number of rotatable bonds is 8. The van der Waals surface area contributed by atoms with E-state index in [1.54, 1.807) is 41.3 Å². The molecule has 2 aromatic carbocycles. The third-order valence-electron chi connectivity index (χ3n) is 7.43. The van der Waals surface area contributed by atoms with Crippen molar-refractivity contribution in [3.63, 3.8) is 0 Å². The number of aliphatic imine (C=N–C) groups is 1. The Bertz CT molecular complexity index is 1850. The third-order valence-corrected chi connectivity index (χ3v) is 8.02. The van der Waals surface area contributed by atoms with Crippen molar-refractivity contribution in [3.05, 3.63) is 89.0 Å². The highest BCUT2D eigenvalue weighted by Gasteiger charge is 2.29. The molecule has 4 aromatic rings.